The first-order valence-electron chi connectivity index (χ1n) is 6.90. The predicted molar refractivity (Wildman–Crippen MR) is 81.9 cm³/mol. The Morgan fingerprint density at radius 2 is 2.00 bits per heavy atom. The van der Waals surface area contributed by atoms with Gasteiger partial charge in [0.25, 0.3) is 5.56 Å². The zero-order chi connectivity index (χ0) is 16.1. The van der Waals surface area contributed by atoms with Gasteiger partial charge in [0.05, 0.1) is 25.3 Å². The van der Waals surface area contributed by atoms with Crippen molar-refractivity contribution < 1.29 is 14.6 Å². The quantitative estimate of drug-likeness (QED) is 0.874. The van der Waals surface area contributed by atoms with Crippen molar-refractivity contribution in [2.24, 2.45) is 0 Å². The molecule has 0 unspecified atom stereocenters. The van der Waals surface area contributed by atoms with Crippen LogP contribution < -0.4 is 5.56 Å². The molecule has 0 aliphatic carbocycles. The molecule has 6 nitrogen and oxygen atoms in total. The van der Waals surface area contributed by atoms with E-state index in [0.717, 1.165) is 11.1 Å². The number of ether oxygens (including phenoxy) is 1. The normalized spacial score (nSPS) is 10.6. The van der Waals surface area contributed by atoms with Gasteiger partial charge in [-0.3, -0.25) is 9.59 Å². The van der Waals surface area contributed by atoms with Crippen molar-refractivity contribution in [1.82, 2.24) is 9.78 Å². The summed E-state index contributed by atoms with van der Waals surface area (Å²) >= 11 is 0. The molecule has 116 valence electrons. The van der Waals surface area contributed by atoms with E-state index in [-0.39, 0.29) is 18.5 Å². The van der Waals surface area contributed by atoms with Crippen molar-refractivity contribution in [1.29, 1.82) is 0 Å². The molecule has 0 aliphatic rings. The van der Waals surface area contributed by atoms with Crippen molar-refractivity contribution in [3.05, 3.63) is 51.8 Å². The zero-order valence-corrected chi connectivity index (χ0v) is 12.6. The molecule has 0 amide bonds. The summed E-state index contributed by atoms with van der Waals surface area (Å²) in [4.78, 5) is 23.2. The van der Waals surface area contributed by atoms with Crippen LogP contribution in [0, 0.1) is 6.92 Å². The summed E-state index contributed by atoms with van der Waals surface area (Å²) in [5.41, 5.74) is 2.35. The molecule has 0 aliphatic heterocycles. The zero-order valence-electron chi connectivity index (χ0n) is 12.6. The second-order valence-electron chi connectivity index (χ2n) is 5.01. The van der Waals surface area contributed by atoms with Crippen LogP contribution in [0.5, 0.6) is 0 Å². The molecule has 0 saturated carbocycles. The van der Waals surface area contributed by atoms with Crippen molar-refractivity contribution in [3.8, 4) is 11.3 Å². The molecule has 0 saturated heterocycles. The van der Waals surface area contributed by atoms with E-state index in [9.17, 15) is 9.59 Å². The Hall–Kier alpha value is -2.47. The fourth-order valence-electron chi connectivity index (χ4n) is 2.08. The van der Waals surface area contributed by atoms with Crippen molar-refractivity contribution >= 4 is 5.97 Å². The van der Waals surface area contributed by atoms with Crippen LogP contribution in [0.25, 0.3) is 11.3 Å². The average Bonchev–Trinajstić information content (AvgIpc) is 2.48. The number of carboxylic acids is 1. The molecule has 2 aromatic rings. The lowest BCUT2D eigenvalue weighted by Crippen LogP contribution is -2.29. The number of methoxy groups -OCH3 is 1. The Morgan fingerprint density at radius 3 is 2.59 bits per heavy atom. The van der Waals surface area contributed by atoms with Gasteiger partial charge in [-0.2, -0.15) is 5.10 Å². The number of nitrogens with zero attached hydrogens (tertiary/aromatic N) is 2. The largest absolute Gasteiger partial charge is 0.481 e. The van der Waals surface area contributed by atoms with Crippen LogP contribution in [0.3, 0.4) is 0 Å². The smallest absolute Gasteiger partial charge is 0.308 e. The highest BCUT2D eigenvalue weighted by molar-refractivity contribution is 5.71. The molecule has 0 atom stereocenters. The summed E-state index contributed by atoms with van der Waals surface area (Å²) < 4.78 is 6.23. The second kappa shape index (κ2) is 7.00. The lowest BCUT2D eigenvalue weighted by atomic mass is 10.1. The van der Waals surface area contributed by atoms with E-state index >= 15 is 0 Å². The van der Waals surface area contributed by atoms with Gasteiger partial charge in [0.15, 0.2) is 0 Å². The van der Waals surface area contributed by atoms with Crippen LogP contribution >= 0.6 is 0 Å². The number of aliphatic carboxylic acids is 1. The fraction of sp³-hybridized carbons (Fsp3) is 0.312. The van der Waals surface area contributed by atoms with Gasteiger partial charge in [-0.25, -0.2) is 4.68 Å². The van der Waals surface area contributed by atoms with Crippen molar-refractivity contribution in [2.75, 3.05) is 13.7 Å². The summed E-state index contributed by atoms with van der Waals surface area (Å²) in [6, 6.07) is 9.22. The number of rotatable bonds is 6. The van der Waals surface area contributed by atoms with E-state index in [1.54, 1.807) is 6.07 Å². The summed E-state index contributed by atoms with van der Waals surface area (Å²) in [6.07, 6.45) is -0.326. The Labute approximate surface area is 128 Å². The third-order valence-corrected chi connectivity index (χ3v) is 3.24. The minimum absolute atomic E-state index is 0.217. The number of hydrogen-bond acceptors (Lipinski definition) is 4. The van der Waals surface area contributed by atoms with Crippen LogP contribution in [0.4, 0.5) is 0 Å². The van der Waals surface area contributed by atoms with Gasteiger partial charge in [0.1, 0.15) is 0 Å². The third-order valence-electron chi connectivity index (χ3n) is 3.24. The van der Waals surface area contributed by atoms with Crippen LogP contribution in [0.2, 0.25) is 0 Å². The molecule has 0 bridgehead atoms. The second-order valence-corrected chi connectivity index (χ2v) is 5.01. The number of aromatic nitrogens is 2. The van der Waals surface area contributed by atoms with E-state index in [2.05, 4.69) is 5.10 Å². The molecule has 0 spiro atoms. The molecular formula is C16H18N2O4. The lowest BCUT2D eigenvalue weighted by Gasteiger charge is -2.10. The number of carboxylic acid groups (broad SMARTS) is 1. The van der Waals surface area contributed by atoms with Gasteiger partial charge in [-0.1, -0.05) is 29.8 Å². The highest BCUT2D eigenvalue weighted by Crippen LogP contribution is 2.17. The first-order valence-corrected chi connectivity index (χ1v) is 6.90. The molecule has 1 aromatic heterocycles. The van der Waals surface area contributed by atoms with E-state index in [1.165, 1.54) is 11.8 Å². The topological polar surface area (TPSA) is 81.4 Å². The van der Waals surface area contributed by atoms with Gasteiger partial charge in [-0.15, -0.1) is 0 Å². The van der Waals surface area contributed by atoms with E-state index < -0.39 is 11.5 Å². The van der Waals surface area contributed by atoms with Crippen molar-refractivity contribution in [2.45, 2.75) is 19.9 Å². The van der Waals surface area contributed by atoms with E-state index in [0.29, 0.717) is 12.3 Å². The Balaban J connectivity index is 2.50. The lowest BCUT2D eigenvalue weighted by molar-refractivity contribution is -0.136. The summed E-state index contributed by atoms with van der Waals surface area (Å²) in [7, 11) is 1.53. The minimum Gasteiger partial charge on any atom is -0.481 e. The first kappa shape index (κ1) is 15.9. The Kier molecular flexibility index (Phi) is 5.06. The molecule has 1 aromatic carbocycles. The Bertz CT molecular complexity index is 720. The maximum Gasteiger partial charge on any atom is 0.308 e. The standard InChI is InChI=1S/C16H18N2O4/c1-11-3-5-12(6-4-11)14-9-13(10-15(19)20)16(21)18(17-14)7-8-22-2/h3-6,9H,7-8,10H2,1-2H3,(H,19,20). The molecule has 0 radical (unpaired) electrons. The predicted octanol–water partition coefficient (Wildman–Crippen LogP) is 1.49. The average molecular weight is 302 g/mol. The first-order chi connectivity index (χ1) is 10.5. The highest BCUT2D eigenvalue weighted by atomic mass is 16.5. The van der Waals surface area contributed by atoms with Crippen LogP contribution in [0.15, 0.2) is 35.1 Å². The molecule has 2 rings (SSSR count). The highest BCUT2D eigenvalue weighted by Gasteiger charge is 2.12. The molecular weight excluding hydrogens is 284 g/mol. The van der Waals surface area contributed by atoms with Gasteiger partial charge >= 0.3 is 5.97 Å². The number of carbonyl (C=O) groups is 1. The van der Waals surface area contributed by atoms with E-state index in [4.69, 9.17) is 9.84 Å². The summed E-state index contributed by atoms with van der Waals surface area (Å²) in [5.74, 6) is -1.04. The van der Waals surface area contributed by atoms with Crippen LogP contribution in [-0.4, -0.2) is 34.6 Å². The van der Waals surface area contributed by atoms with Crippen LogP contribution in [-0.2, 0) is 22.5 Å². The van der Waals surface area contributed by atoms with Gasteiger partial charge < -0.3 is 9.84 Å². The van der Waals surface area contributed by atoms with E-state index in [1.807, 2.05) is 31.2 Å². The fourth-order valence-corrected chi connectivity index (χ4v) is 2.08. The van der Waals surface area contributed by atoms with Gasteiger partial charge in [0.2, 0.25) is 0 Å². The summed E-state index contributed by atoms with van der Waals surface area (Å²) in [6.45, 7) is 2.59. The monoisotopic (exact) mass is 302 g/mol. The molecule has 0 fully saturated rings. The number of hydrogen-bond donors (Lipinski definition) is 1. The minimum atomic E-state index is -1.04. The Morgan fingerprint density at radius 1 is 1.32 bits per heavy atom. The maximum atomic E-state index is 12.2. The molecule has 1 heterocycles. The molecule has 22 heavy (non-hydrogen) atoms. The maximum absolute atomic E-state index is 12.2. The van der Waals surface area contributed by atoms with Gasteiger partial charge in [0, 0.05) is 18.2 Å². The number of aryl methyl sites for hydroxylation is 1. The number of benzene rings is 1. The third kappa shape index (κ3) is 3.79. The van der Waals surface area contributed by atoms with Gasteiger partial charge in [-0.05, 0) is 13.0 Å². The van der Waals surface area contributed by atoms with Crippen molar-refractivity contribution in [3.63, 3.8) is 0 Å². The molecule has 1 N–H and O–H groups in total. The summed E-state index contributed by atoms with van der Waals surface area (Å²) in [5, 5.41) is 13.3. The molecule has 6 heteroatoms. The van der Waals surface area contributed by atoms with Crippen LogP contribution in [0.1, 0.15) is 11.1 Å². The SMILES string of the molecule is COCCn1nc(-c2ccc(C)cc2)cc(CC(=O)O)c1=O.